The fraction of sp³-hybridized carbons (Fsp3) is 0.333. The highest BCUT2D eigenvalue weighted by molar-refractivity contribution is 5.86. The van der Waals surface area contributed by atoms with E-state index in [0.717, 1.165) is 0 Å². The Hall–Kier alpha value is -1.91. The van der Waals surface area contributed by atoms with Crippen LogP contribution in [0, 0.1) is 11.7 Å². The van der Waals surface area contributed by atoms with Crippen LogP contribution in [0.3, 0.4) is 0 Å². The van der Waals surface area contributed by atoms with Crippen molar-refractivity contribution in [2.24, 2.45) is 11.7 Å². The van der Waals surface area contributed by atoms with E-state index in [1.807, 2.05) is 4.90 Å². The van der Waals surface area contributed by atoms with Gasteiger partial charge in [0, 0.05) is 13.1 Å². The molecule has 1 atom stereocenters. The largest absolute Gasteiger partial charge is 0.370 e. The lowest BCUT2D eigenvalue weighted by atomic mass is 10.1. The van der Waals surface area contributed by atoms with E-state index >= 15 is 0 Å². The minimum Gasteiger partial charge on any atom is -0.370 e. The number of carbonyl (C=O) groups excluding carboxylic acids is 2. The quantitative estimate of drug-likeness (QED) is 0.795. The number of aldehydes is 1. The zero-order valence-corrected chi connectivity index (χ0v) is 9.23. The van der Waals surface area contributed by atoms with E-state index in [-0.39, 0.29) is 17.4 Å². The van der Waals surface area contributed by atoms with Crippen LogP contribution >= 0.6 is 0 Å². The van der Waals surface area contributed by atoms with E-state index in [0.29, 0.717) is 31.5 Å². The first-order valence-electron chi connectivity index (χ1n) is 5.41. The number of hydrogen-bond acceptors (Lipinski definition) is 3. The van der Waals surface area contributed by atoms with Crippen LogP contribution in [0.1, 0.15) is 16.8 Å². The van der Waals surface area contributed by atoms with Gasteiger partial charge in [-0.2, -0.15) is 0 Å². The number of benzene rings is 1. The van der Waals surface area contributed by atoms with Gasteiger partial charge in [0.2, 0.25) is 5.91 Å². The highest BCUT2D eigenvalue weighted by atomic mass is 19.1. The van der Waals surface area contributed by atoms with Crippen molar-refractivity contribution in [3.63, 3.8) is 0 Å². The Balaban J connectivity index is 2.27. The van der Waals surface area contributed by atoms with Crippen LogP contribution < -0.4 is 10.6 Å². The van der Waals surface area contributed by atoms with Crippen molar-refractivity contribution in [1.82, 2.24) is 0 Å². The van der Waals surface area contributed by atoms with Crippen LogP contribution in [0.25, 0.3) is 0 Å². The van der Waals surface area contributed by atoms with E-state index in [2.05, 4.69) is 0 Å². The molecule has 1 unspecified atom stereocenters. The molecule has 90 valence electrons. The molecule has 0 saturated carbocycles. The van der Waals surface area contributed by atoms with Crippen molar-refractivity contribution in [2.75, 3.05) is 18.0 Å². The van der Waals surface area contributed by atoms with Crippen molar-refractivity contribution in [1.29, 1.82) is 0 Å². The van der Waals surface area contributed by atoms with Gasteiger partial charge in [0.15, 0.2) is 6.29 Å². The van der Waals surface area contributed by atoms with Gasteiger partial charge in [0.1, 0.15) is 5.82 Å². The second-order valence-corrected chi connectivity index (χ2v) is 4.12. The third kappa shape index (κ3) is 2.13. The van der Waals surface area contributed by atoms with E-state index in [9.17, 15) is 14.0 Å². The minimum absolute atomic E-state index is 0.0395. The highest BCUT2D eigenvalue weighted by Crippen LogP contribution is 2.27. The average Bonchev–Trinajstić information content (AvgIpc) is 2.77. The second kappa shape index (κ2) is 4.53. The molecular formula is C12H13FN2O2. The van der Waals surface area contributed by atoms with Gasteiger partial charge in [-0.1, -0.05) is 6.07 Å². The van der Waals surface area contributed by atoms with E-state index in [4.69, 9.17) is 5.73 Å². The van der Waals surface area contributed by atoms with Crippen LogP contribution in [-0.4, -0.2) is 25.3 Å². The standard InChI is InChI=1S/C12H13FN2O2/c13-10-2-1-3-11(9(10)7-16)15-5-4-8(6-15)12(14)17/h1-3,7-8H,4-6H2,(H2,14,17). The summed E-state index contributed by atoms with van der Waals surface area (Å²) in [5, 5.41) is 0. The molecular weight excluding hydrogens is 223 g/mol. The van der Waals surface area contributed by atoms with Crippen LogP contribution in [0.2, 0.25) is 0 Å². The molecule has 2 rings (SSSR count). The Labute approximate surface area is 98.2 Å². The Bertz CT molecular complexity index is 462. The third-order valence-corrected chi connectivity index (χ3v) is 3.08. The Kier molecular flexibility index (Phi) is 3.08. The SMILES string of the molecule is NC(=O)C1CCN(c2cccc(F)c2C=O)C1. The van der Waals surface area contributed by atoms with Crippen molar-refractivity contribution in [3.05, 3.63) is 29.6 Å². The predicted molar refractivity (Wildman–Crippen MR) is 61.3 cm³/mol. The molecule has 2 N–H and O–H groups in total. The lowest BCUT2D eigenvalue weighted by molar-refractivity contribution is -0.121. The number of nitrogens with two attached hydrogens (primary N) is 1. The fourth-order valence-corrected chi connectivity index (χ4v) is 2.13. The number of nitrogens with zero attached hydrogens (tertiary/aromatic N) is 1. The van der Waals surface area contributed by atoms with E-state index < -0.39 is 5.82 Å². The molecule has 4 nitrogen and oxygen atoms in total. The van der Waals surface area contributed by atoms with Crippen molar-refractivity contribution in [2.45, 2.75) is 6.42 Å². The van der Waals surface area contributed by atoms with Crippen LogP contribution in [0.5, 0.6) is 0 Å². The number of amides is 1. The average molecular weight is 236 g/mol. The Morgan fingerprint density at radius 1 is 1.53 bits per heavy atom. The van der Waals surface area contributed by atoms with Crippen molar-refractivity contribution >= 4 is 17.9 Å². The first-order chi connectivity index (χ1) is 8.13. The van der Waals surface area contributed by atoms with Gasteiger partial charge in [0.05, 0.1) is 17.2 Å². The van der Waals surface area contributed by atoms with Gasteiger partial charge >= 0.3 is 0 Å². The third-order valence-electron chi connectivity index (χ3n) is 3.08. The van der Waals surface area contributed by atoms with Crippen molar-refractivity contribution in [3.8, 4) is 0 Å². The first kappa shape index (κ1) is 11.6. The maximum Gasteiger partial charge on any atom is 0.222 e. The maximum absolute atomic E-state index is 13.4. The van der Waals surface area contributed by atoms with Crippen LogP contribution in [-0.2, 0) is 4.79 Å². The molecule has 0 aromatic heterocycles. The number of carbonyl (C=O) groups is 2. The van der Waals surface area contributed by atoms with Crippen LogP contribution in [0.15, 0.2) is 18.2 Å². The van der Waals surface area contributed by atoms with Gasteiger partial charge in [-0.25, -0.2) is 4.39 Å². The fourth-order valence-electron chi connectivity index (χ4n) is 2.13. The number of rotatable bonds is 3. The van der Waals surface area contributed by atoms with Gasteiger partial charge in [0.25, 0.3) is 0 Å². The second-order valence-electron chi connectivity index (χ2n) is 4.12. The number of hydrogen-bond donors (Lipinski definition) is 1. The summed E-state index contributed by atoms with van der Waals surface area (Å²) in [4.78, 5) is 23.7. The minimum atomic E-state index is -0.542. The maximum atomic E-state index is 13.4. The summed E-state index contributed by atoms with van der Waals surface area (Å²) in [5.74, 6) is -1.12. The molecule has 17 heavy (non-hydrogen) atoms. The summed E-state index contributed by atoms with van der Waals surface area (Å²) in [7, 11) is 0. The molecule has 1 aliphatic rings. The molecule has 1 saturated heterocycles. The van der Waals surface area contributed by atoms with Gasteiger partial charge in [-0.15, -0.1) is 0 Å². The monoisotopic (exact) mass is 236 g/mol. The molecule has 0 aliphatic carbocycles. The topological polar surface area (TPSA) is 63.4 Å². The summed E-state index contributed by atoms with van der Waals surface area (Å²) in [6.07, 6.45) is 1.15. The van der Waals surface area contributed by atoms with Gasteiger partial charge in [-0.05, 0) is 18.6 Å². The molecule has 1 amide bonds. The summed E-state index contributed by atoms with van der Waals surface area (Å²) in [5.41, 5.74) is 5.80. The predicted octanol–water partition coefficient (Wildman–Crippen LogP) is 0.950. The summed E-state index contributed by atoms with van der Waals surface area (Å²) < 4.78 is 13.4. The van der Waals surface area contributed by atoms with Gasteiger partial charge in [-0.3, -0.25) is 9.59 Å². The Morgan fingerprint density at radius 3 is 2.88 bits per heavy atom. The van der Waals surface area contributed by atoms with Gasteiger partial charge < -0.3 is 10.6 Å². The molecule has 5 heteroatoms. The smallest absolute Gasteiger partial charge is 0.222 e. The molecule has 1 fully saturated rings. The highest BCUT2D eigenvalue weighted by Gasteiger charge is 2.28. The molecule has 0 spiro atoms. The van der Waals surface area contributed by atoms with Crippen molar-refractivity contribution < 1.29 is 14.0 Å². The number of primary amides is 1. The summed E-state index contributed by atoms with van der Waals surface area (Å²) >= 11 is 0. The molecule has 1 aliphatic heterocycles. The zero-order chi connectivity index (χ0) is 12.4. The molecule has 1 aromatic carbocycles. The Morgan fingerprint density at radius 2 is 2.29 bits per heavy atom. The first-order valence-corrected chi connectivity index (χ1v) is 5.41. The van der Waals surface area contributed by atoms with E-state index in [1.165, 1.54) is 6.07 Å². The normalized spacial score (nSPS) is 19.4. The molecule has 0 bridgehead atoms. The number of halogens is 1. The molecule has 1 aromatic rings. The molecule has 1 heterocycles. The molecule has 0 radical (unpaired) electrons. The lowest BCUT2D eigenvalue weighted by Crippen LogP contribution is -2.27. The summed E-state index contributed by atoms with van der Waals surface area (Å²) in [6, 6.07) is 4.47. The van der Waals surface area contributed by atoms with Crippen LogP contribution in [0.4, 0.5) is 10.1 Å². The van der Waals surface area contributed by atoms with E-state index in [1.54, 1.807) is 12.1 Å². The number of anilines is 1. The zero-order valence-electron chi connectivity index (χ0n) is 9.23. The lowest BCUT2D eigenvalue weighted by Gasteiger charge is -2.20. The summed E-state index contributed by atoms with van der Waals surface area (Å²) in [6.45, 7) is 1.05.